The van der Waals surface area contributed by atoms with Gasteiger partial charge in [-0.25, -0.2) is 9.78 Å². The molecule has 1 unspecified atom stereocenters. The number of nitrogens with one attached hydrogen (secondary N) is 2. The summed E-state index contributed by atoms with van der Waals surface area (Å²) in [5.74, 6) is 0.481. The highest BCUT2D eigenvalue weighted by molar-refractivity contribution is 5.97. The van der Waals surface area contributed by atoms with E-state index in [2.05, 4.69) is 15.3 Å². The maximum absolute atomic E-state index is 13.4. The van der Waals surface area contributed by atoms with Crippen molar-refractivity contribution < 1.29 is 19.1 Å². The number of rotatable bonds is 9. The van der Waals surface area contributed by atoms with Crippen LogP contribution in [0.5, 0.6) is 0 Å². The van der Waals surface area contributed by atoms with Gasteiger partial charge >= 0.3 is 6.09 Å². The fourth-order valence-electron chi connectivity index (χ4n) is 5.09. The lowest BCUT2D eigenvalue weighted by atomic mass is 9.84. The largest absolute Gasteiger partial charge is 0.453 e. The Bertz CT molecular complexity index is 1250. The van der Waals surface area contributed by atoms with Gasteiger partial charge in [0.2, 0.25) is 0 Å². The lowest BCUT2D eigenvalue weighted by Crippen LogP contribution is -2.47. The van der Waals surface area contributed by atoms with Crippen molar-refractivity contribution in [1.82, 2.24) is 15.3 Å². The molecule has 1 fully saturated rings. The molecule has 37 heavy (non-hydrogen) atoms. The number of carbonyl (C=O) groups is 3. The van der Waals surface area contributed by atoms with Crippen LogP contribution in [0.3, 0.4) is 0 Å². The Morgan fingerprint density at radius 2 is 1.65 bits per heavy atom. The van der Waals surface area contributed by atoms with E-state index in [4.69, 9.17) is 10.5 Å². The summed E-state index contributed by atoms with van der Waals surface area (Å²) in [6.45, 7) is 3.84. The summed E-state index contributed by atoms with van der Waals surface area (Å²) in [5, 5.41) is 2.71. The molecule has 1 aliphatic rings. The summed E-state index contributed by atoms with van der Waals surface area (Å²) in [4.78, 5) is 45.1. The van der Waals surface area contributed by atoms with Crippen LogP contribution in [0, 0.1) is 11.8 Å². The number of hydrogen-bond donors (Lipinski definition) is 3. The molecule has 0 saturated heterocycles. The minimum Gasteiger partial charge on any atom is -0.453 e. The van der Waals surface area contributed by atoms with Crippen LogP contribution in [0.4, 0.5) is 4.79 Å². The summed E-state index contributed by atoms with van der Waals surface area (Å²) in [5.41, 5.74) is 9.98. The van der Waals surface area contributed by atoms with Crippen molar-refractivity contribution in [3.8, 4) is 22.4 Å². The molecule has 2 aromatic carbocycles. The van der Waals surface area contributed by atoms with Gasteiger partial charge in [0, 0.05) is 17.4 Å². The number of amides is 1. The van der Waals surface area contributed by atoms with Crippen molar-refractivity contribution >= 4 is 17.7 Å². The number of aromatic amines is 1. The molecular formula is C29H34N4O4. The van der Waals surface area contributed by atoms with Crippen LogP contribution in [0.1, 0.15) is 55.2 Å². The second kappa shape index (κ2) is 11.5. The summed E-state index contributed by atoms with van der Waals surface area (Å²) < 4.78 is 4.72. The zero-order chi connectivity index (χ0) is 26.5. The Balaban J connectivity index is 1.49. The Labute approximate surface area is 217 Å². The number of aromatic nitrogens is 2. The van der Waals surface area contributed by atoms with Crippen LogP contribution in [-0.4, -0.2) is 47.3 Å². The van der Waals surface area contributed by atoms with Crippen LogP contribution < -0.4 is 11.1 Å². The number of nitrogens with zero attached hydrogens (tertiary/aromatic N) is 1. The molecule has 1 saturated carbocycles. The molecule has 8 nitrogen and oxygen atoms in total. The van der Waals surface area contributed by atoms with E-state index in [1.165, 1.54) is 7.11 Å². The lowest BCUT2D eigenvalue weighted by molar-refractivity contribution is -0.126. The van der Waals surface area contributed by atoms with Crippen LogP contribution >= 0.6 is 0 Å². The fraction of sp³-hybridized carbons (Fsp3) is 0.379. The van der Waals surface area contributed by atoms with Gasteiger partial charge in [-0.1, -0.05) is 68.8 Å². The van der Waals surface area contributed by atoms with Gasteiger partial charge in [-0.15, -0.1) is 0 Å². The number of ketones is 2. The minimum absolute atomic E-state index is 0.00132. The second-order valence-electron chi connectivity index (χ2n) is 9.87. The van der Waals surface area contributed by atoms with Crippen molar-refractivity contribution in [2.24, 2.45) is 17.6 Å². The summed E-state index contributed by atoms with van der Waals surface area (Å²) in [7, 11) is 1.30. The number of methoxy groups -OCH3 is 1. The Kier molecular flexibility index (Phi) is 8.18. The average molecular weight is 503 g/mol. The molecule has 0 aliphatic heterocycles. The third kappa shape index (κ3) is 5.80. The van der Waals surface area contributed by atoms with Crippen molar-refractivity contribution in [3.63, 3.8) is 0 Å². The molecule has 4 N–H and O–H groups in total. The molecule has 0 spiro atoms. The highest BCUT2D eigenvalue weighted by atomic mass is 16.5. The molecule has 4 rings (SSSR count). The molecule has 3 aromatic rings. The molecule has 0 bridgehead atoms. The maximum atomic E-state index is 13.4. The van der Waals surface area contributed by atoms with Gasteiger partial charge in [0.05, 0.1) is 31.6 Å². The summed E-state index contributed by atoms with van der Waals surface area (Å²) >= 11 is 0. The quantitative estimate of drug-likeness (QED) is 0.363. The van der Waals surface area contributed by atoms with E-state index in [9.17, 15) is 14.4 Å². The van der Waals surface area contributed by atoms with Gasteiger partial charge < -0.3 is 20.8 Å². The number of nitrogens with two attached hydrogens (primary N) is 1. The molecule has 1 aliphatic carbocycles. The van der Waals surface area contributed by atoms with Crippen LogP contribution in [0.25, 0.3) is 22.4 Å². The van der Waals surface area contributed by atoms with Gasteiger partial charge in [-0.3, -0.25) is 9.59 Å². The van der Waals surface area contributed by atoms with Crippen molar-refractivity contribution in [2.45, 2.75) is 45.1 Å². The summed E-state index contributed by atoms with van der Waals surface area (Å²) in [6.07, 6.45) is 3.80. The summed E-state index contributed by atoms with van der Waals surface area (Å²) in [6, 6.07) is 14.9. The molecular weight excluding hydrogens is 468 g/mol. The standard InChI is InChI=1S/C29H34N4O4/c1-17(2)26(33-29(36)37-3)27(35)22-5-4-6-23(22)28-31-16-24(32-28)20-11-7-18(8-12-20)19-9-13-21(14-10-19)25(34)15-30/h7-14,16-17,22-23,26H,4-6,15,30H2,1-3H3,(H,31,32)(H,33,36)/t22?,23-,26+/m1/s1. The normalized spacial score (nSPS) is 18.0. The van der Waals surface area contributed by atoms with Crippen LogP contribution in [-0.2, 0) is 9.53 Å². The topological polar surface area (TPSA) is 127 Å². The zero-order valence-corrected chi connectivity index (χ0v) is 21.5. The lowest BCUT2D eigenvalue weighted by Gasteiger charge is -2.26. The highest BCUT2D eigenvalue weighted by Gasteiger charge is 2.40. The fourth-order valence-corrected chi connectivity index (χ4v) is 5.09. The minimum atomic E-state index is -0.595. The molecule has 1 aromatic heterocycles. The zero-order valence-electron chi connectivity index (χ0n) is 21.5. The number of benzene rings is 2. The number of alkyl carbamates (subject to hydrolysis) is 1. The van der Waals surface area contributed by atoms with E-state index in [0.29, 0.717) is 5.56 Å². The Hall–Kier alpha value is -3.78. The predicted molar refractivity (Wildman–Crippen MR) is 142 cm³/mol. The first-order valence-electron chi connectivity index (χ1n) is 12.7. The molecule has 0 radical (unpaired) electrons. The number of H-pyrrole nitrogens is 1. The van der Waals surface area contributed by atoms with Crippen molar-refractivity contribution in [1.29, 1.82) is 0 Å². The van der Waals surface area contributed by atoms with Gasteiger partial charge in [0.25, 0.3) is 0 Å². The highest BCUT2D eigenvalue weighted by Crippen LogP contribution is 2.40. The smallest absolute Gasteiger partial charge is 0.407 e. The molecule has 1 amide bonds. The van der Waals surface area contributed by atoms with Gasteiger partial charge in [0.1, 0.15) is 5.82 Å². The van der Waals surface area contributed by atoms with Gasteiger partial charge in [-0.2, -0.15) is 0 Å². The first-order chi connectivity index (χ1) is 17.8. The number of imidazole rings is 1. The first kappa shape index (κ1) is 26.3. The third-order valence-corrected chi connectivity index (χ3v) is 7.18. The number of carbonyl (C=O) groups excluding carboxylic acids is 3. The first-order valence-corrected chi connectivity index (χ1v) is 12.7. The van der Waals surface area contributed by atoms with Gasteiger partial charge in [-0.05, 0) is 35.4 Å². The van der Waals surface area contributed by atoms with E-state index >= 15 is 0 Å². The van der Waals surface area contributed by atoms with Crippen LogP contribution in [0.15, 0.2) is 54.7 Å². The predicted octanol–water partition coefficient (Wildman–Crippen LogP) is 4.72. The molecule has 8 heteroatoms. The van der Waals surface area contributed by atoms with E-state index in [0.717, 1.165) is 47.5 Å². The molecule has 1 heterocycles. The SMILES string of the molecule is COC(=O)N[C@H](C(=O)C1CCC[C@H]1c1ncc(-c2ccc(-c3ccc(C(=O)CN)cc3)cc2)[nH]1)C(C)C. The third-order valence-electron chi connectivity index (χ3n) is 7.18. The number of hydrogen-bond acceptors (Lipinski definition) is 6. The van der Waals surface area contributed by atoms with Crippen molar-refractivity contribution in [2.75, 3.05) is 13.7 Å². The maximum Gasteiger partial charge on any atom is 0.407 e. The van der Waals surface area contributed by atoms with E-state index in [-0.39, 0.29) is 35.9 Å². The van der Waals surface area contributed by atoms with Gasteiger partial charge in [0.15, 0.2) is 11.6 Å². The van der Waals surface area contributed by atoms with E-state index in [1.54, 1.807) is 12.1 Å². The van der Waals surface area contributed by atoms with E-state index in [1.807, 2.05) is 56.4 Å². The Morgan fingerprint density at radius 1 is 1.03 bits per heavy atom. The monoisotopic (exact) mass is 502 g/mol. The number of ether oxygens (including phenoxy) is 1. The van der Waals surface area contributed by atoms with Crippen molar-refractivity contribution in [3.05, 3.63) is 66.1 Å². The Morgan fingerprint density at radius 3 is 2.24 bits per heavy atom. The average Bonchev–Trinajstić information content (AvgIpc) is 3.61. The second-order valence-corrected chi connectivity index (χ2v) is 9.87. The van der Waals surface area contributed by atoms with E-state index < -0.39 is 12.1 Å². The number of Topliss-reactive ketones (excluding diaryl/α,β-unsaturated/α-hetero) is 2. The molecule has 3 atom stereocenters. The van der Waals surface area contributed by atoms with Crippen LogP contribution in [0.2, 0.25) is 0 Å². The molecule has 194 valence electrons.